The highest BCUT2D eigenvalue weighted by molar-refractivity contribution is 9.10. The molecule has 0 saturated heterocycles. The minimum absolute atomic E-state index is 0.0705. The zero-order chi connectivity index (χ0) is 21.8. The van der Waals surface area contributed by atoms with Crippen LogP contribution in [0.15, 0.2) is 49.2 Å². The second kappa shape index (κ2) is 9.75. The van der Waals surface area contributed by atoms with Crippen LogP contribution in [0, 0.1) is 0 Å². The molecule has 2 aromatic carbocycles. The fourth-order valence-corrected chi connectivity index (χ4v) is 3.76. The van der Waals surface area contributed by atoms with Gasteiger partial charge in [-0.25, -0.2) is 4.98 Å². The third kappa shape index (κ3) is 4.59. The van der Waals surface area contributed by atoms with Crippen molar-refractivity contribution in [3.8, 4) is 11.5 Å². The molecule has 1 atom stereocenters. The van der Waals surface area contributed by atoms with Gasteiger partial charge in [0.1, 0.15) is 5.82 Å². The van der Waals surface area contributed by atoms with Crippen LogP contribution in [0.4, 0.5) is 0 Å². The summed E-state index contributed by atoms with van der Waals surface area (Å²) in [7, 11) is 1.59. The van der Waals surface area contributed by atoms with Crippen molar-refractivity contribution in [2.75, 3.05) is 13.7 Å². The smallest absolute Gasteiger partial charge is 0.282 e. The third-order valence-corrected chi connectivity index (χ3v) is 5.96. The molecule has 0 aliphatic rings. The minimum atomic E-state index is -0.206. The monoisotopic (exact) mass is 535 g/mol. The summed E-state index contributed by atoms with van der Waals surface area (Å²) in [5.41, 5.74) is 1.22. The fourth-order valence-electron chi connectivity index (χ4n) is 2.98. The molecule has 6 nitrogen and oxygen atoms in total. The Labute approximate surface area is 192 Å². The zero-order valence-corrected chi connectivity index (χ0v) is 20.4. The van der Waals surface area contributed by atoms with Crippen LogP contribution in [0.3, 0.4) is 0 Å². The highest BCUT2D eigenvalue weighted by Gasteiger charge is 2.16. The predicted octanol–water partition coefficient (Wildman–Crippen LogP) is 5.72. The van der Waals surface area contributed by atoms with E-state index in [4.69, 9.17) is 14.5 Å². The van der Waals surface area contributed by atoms with Gasteiger partial charge in [-0.3, -0.25) is 4.79 Å². The first-order chi connectivity index (χ1) is 14.4. The molecule has 0 bridgehead atoms. The van der Waals surface area contributed by atoms with E-state index in [0.717, 1.165) is 20.9 Å². The normalized spacial score (nSPS) is 12.5. The Hall–Kier alpha value is -2.19. The van der Waals surface area contributed by atoms with Gasteiger partial charge >= 0.3 is 0 Å². The number of fused-ring (bicyclic) bond motifs is 1. The van der Waals surface area contributed by atoms with E-state index in [1.165, 1.54) is 4.68 Å². The van der Waals surface area contributed by atoms with Crippen molar-refractivity contribution in [1.29, 1.82) is 0 Å². The number of halogens is 2. The van der Waals surface area contributed by atoms with Crippen LogP contribution in [0.2, 0.25) is 0 Å². The molecule has 8 heteroatoms. The van der Waals surface area contributed by atoms with E-state index in [1.54, 1.807) is 19.4 Å². The van der Waals surface area contributed by atoms with Gasteiger partial charge in [0.2, 0.25) is 0 Å². The standard InChI is InChI=1S/C22H23Br2N3O3/c1-5-13(3)21-26-18-8-7-15(23)10-16(18)22(28)27(21)25-12-14-9-20(30-6-2)19(29-4)11-17(14)24/h7-13H,5-6H2,1-4H3/t13-/m0/s1. The Kier molecular flexibility index (Phi) is 7.31. The molecule has 1 aromatic heterocycles. The molecule has 0 spiro atoms. The molecule has 158 valence electrons. The number of ether oxygens (including phenoxy) is 2. The summed E-state index contributed by atoms with van der Waals surface area (Å²) in [6.07, 6.45) is 2.47. The van der Waals surface area contributed by atoms with E-state index < -0.39 is 0 Å². The quantitative estimate of drug-likeness (QED) is 0.362. The van der Waals surface area contributed by atoms with Crippen LogP contribution in [0.5, 0.6) is 11.5 Å². The van der Waals surface area contributed by atoms with E-state index in [9.17, 15) is 4.79 Å². The van der Waals surface area contributed by atoms with Crippen molar-refractivity contribution >= 4 is 49.0 Å². The molecule has 0 radical (unpaired) electrons. The lowest BCUT2D eigenvalue weighted by Gasteiger charge is -2.14. The Morgan fingerprint density at radius 2 is 1.97 bits per heavy atom. The Bertz CT molecular complexity index is 1160. The number of hydrogen-bond acceptors (Lipinski definition) is 5. The van der Waals surface area contributed by atoms with Crippen LogP contribution in [0.25, 0.3) is 10.9 Å². The molecule has 3 aromatic rings. The second-order valence-corrected chi connectivity index (χ2v) is 8.53. The number of methoxy groups -OCH3 is 1. The van der Waals surface area contributed by atoms with Gasteiger partial charge in [-0.1, -0.05) is 29.8 Å². The molecule has 0 unspecified atom stereocenters. The van der Waals surface area contributed by atoms with Gasteiger partial charge < -0.3 is 9.47 Å². The predicted molar refractivity (Wildman–Crippen MR) is 127 cm³/mol. The average molecular weight is 537 g/mol. The molecular weight excluding hydrogens is 514 g/mol. The highest BCUT2D eigenvalue weighted by atomic mass is 79.9. The second-order valence-electron chi connectivity index (χ2n) is 6.76. The molecule has 0 aliphatic heterocycles. The summed E-state index contributed by atoms with van der Waals surface area (Å²) in [4.78, 5) is 18.0. The van der Waals surface area contributed by atoms with Gasteiger partial charge in [-0.2, -0.15) is 9.78 Å². The highest BCUT2D eigenvalue weighted by Crippen LogP contribution is 2.33. The van der Waals surface area contributed by atoms with Crippen molar-refractivity contribution < 1.29 is 9.47 Å². The lowest BCUT2D eigenvalue weighted by atomic mass is 10.1. The van der Waals surface area contributed by atoms with Crippen molar-refractivity contribution in [2.45, 2.75) is 33.1 Å². The van der Waals surface area contributed by atoms with Gasteiger partial charge in [0.25, 0.3) is 5.56 Å². The first-order valence-electron chi connectivity index (χ1n) is 9.66. The molecule has 0 amide bonds. The third-order valence-electron chi connectivity index (χ3n) is 4.78. The zero-order valence-electron chi connectivity index (χ0n) is 17.3. The van der Waals surface area contributed by atoms with Gasteiger partial charge in [0, 0.05) is 20.4 Å². The van der Waals surface area contributed by atoms with Crippen molar-refractivity contribution in [3.63, 3.8) is 0 Å². The Morgan fingerprint density at radius 3 is 2.63 bits per heavy atom. The van der Waals surface area contributed by atoms with E-state index >= 15 is 0 Å². The van der Waals surface area contributed by atoms with Gasteiger partial charge in [0.15, 0.2) is 11.5 Å². The van der Waals surface area contributed by atoms with Gasteiger partial charge in [0.05, 0.1) is 30.8 Å². The van der Waals surface area contributed by atoms with Crippen molar-refractivity contribution in [3.05, 3.63) is 61.0 Å². The molecular formula is C22H23Br2N3O3. The van der Waals surface area contributed by atoms with Crippen LogP contribution in [-0.2, 0) is 0 Å². The summed E-state index contributed by atoms with van der Waals surface area (Å²) >= 11 is 6.97. The first kappa shape index (κ1) is 22.5. The topological polar surface area (TPSA) is 65.7 Å². The summed E-state index contributed by atoms with van der Waals surface area (Å²) in [6, 6.07) is 9.14. The van der Waals surface area contributed by atoms with Gasteiger partial charge in [-0.15, -0.1) is 0 Å². The van der Waals surface area contributed by atoms with E-state index in [1.807, 2.05) is 38.1 Å². The molecule has 30 heavy (non-hydrogen) atoms. The molecule has 1 heterocycles. The maximum atomic E-state index is 13.2. The number of hydrogen-bond donors (Lipinski definition) is 0. The van der Waals surface area contributed by atoms with Crippen molar-refractivity contribution in [1.82, 2.24) is 9.66 Å². The number of benzene rings is 2. The van der Waals surface area contributed by atoms with Crippen LogP contribution in [0.1, 0.15) is 44.5 Å². The lowest BCUT2D eigenvalue weighted by Crippen LogP contribution is -2.23. The van der Waals surface area contributed by atoms with Crippen LogP contribution >= 0.6 is 31.9 Å². The number of rotatable bonds is 7. The minimum Gasteiger partial charge on any atom is -0.493 e. The van der Waals surface area contributed by atoms with Crippen LogP contribution in [-0.4, -0.2) is 29.6 Å². The van der Waals surface area contributed by atoms with Gasteiger partial charge in [-0.05, 0) is 59.6 Å². The summed E-state index contributed by atoms with van der Waals surface area (Å²) in [6.45, 7) is 6.52. The largest absolute Gasteiger partial charge is 0.493 e. The van der Waals surface area contributed by atoms with Crippen LogP contribution < -0.4 is 15.0 Å². The molecule has 0 fully saturated rings. The average Bonchev–Trinajstić information content (AvgIpc) is 2.74. The molecule has 3 rings (SSSR count). The SMILES string of the molecule is CCOc1cc(C=Nn2c([C@@H](C)CC)nc3ccc(Br)cc3c2=O)c(Br)cc1OC. The maximum absolute atomic E-state index is 13.2. The summed E-state index contributed by atoms with van der Waals surface area (Å²) < 4.78 is 14.0. The number of aromatic nitrogens is 2. The molecule has 0 N–H and O–H groups in total. The maximum Gasteiger partial charge on any atom is 0.282 e. The Balaban J connectivity index is 2.17. The summed E-state index contributed by atoms with van der Waals surface area (Å²) in [5.74, 6) is 1.93. The van der Waals surface area contributed by atoms with Crippen molar-refractivity contribution in [2.24, 2.45) is 5.10 Å². The lowest BCUT2D eigenvalue weighted by molar-refractivity contribution is 0.311. The molecule has 0 saturated carbocycles. The van der Waals surface area contributed by atoms with E-state index in [-0.39, 0.29) is 11.5 Å². The molecule has 0 aliphatic carbocycles. The first-order valence-corrected chi connectivity index (χ1v) is 11.2. The van der Waals surface area contributed by atoms with E-state index in [2.05, 4.69) is 43.9 Å². The van der Waals surface area contributed by atoms with E-state index in [0.29, 0.717) is 34.8 Å². The number of nitrogens with zero attached hydrogens (tertiary/aromatic N) is 3. The summed E-state index contributed by atoms with van der Waals surface area (Å²) in [5, 5.41) is 5.03. The fraction of sp³-hybridized carbons (Fsp3) is 0.318. The Morgan fingerprint density at radius 1 is 1.20 bits per heavy atom.